The molecule has 6 nitrogen and oxygen atoms in total. The van der Waals surface area contributed by atoms with Crippen LogP contribution in [0.4, 0.5) is 0 Å². The molecule has 3 rings (SSSR count). The van der Waals surface area contributed by atoms with E-state index in [1.165, 1.54) is 13.3 Å². The van der Waals surface area contributed by atoms with Gasteiger partial charge in [0, 0.05) is 12.4 Å². The van der Waals surface area contributed by atoms with E-state index in [1.54, 1.807) is 0 Å². The number of likely N-dealkylation sites (tertiary alicyclic amines) is 1. The van der Waals surface area contributed by atoms with Crippen LogP contribution in [0.3, 0.4) is 0 Å². The summed E-state index contributed by atoms with van der Waals surface area (Å²) in [7, 11) is 1.41. The Morgan fingerprint density at radius 1 is 1.41 bits per heavy atom. The molecule has 0 saturated carbocycles. The van der Waals surface area contributed by atoms with Gasteiger partial charge in [0.25, 0.3) is 11.8 Å². The van der Waals surface area contributed by atoms with E-state index >= 15 is 0 Å². The van der Waals surface area contributed by atoms with Crippen LogP contribution in [0.5, 0.6) is 0 Å². The number of nitrogens with one attached hydrogen (secondary N) is 1. The van der Waals surface area contributed by atoms with Crippen LogP contribution in [0.25, 0.3) is 11.0 Å². The molecule has 3 amide bonds. The minimum absolute atomic E-state index is 0.00291. The van der Waals surface area contributed by atoms with Gasteiger partial charge < -0.3 is 9.73 Å². The molecular weight excluding hydrogens is 284 g/mol. The second-order valence-electron chi connectivity index (χ2n) is 5.35. The summed E-state index contributed by atoms with van der Waals surface area (Å²) in [5, 5.41) is 3.32. The van der Waals surface area contributed by atoms with Crippen molar-refractivity contribution >= 4 is 28.7 Å². The van der Waals surface area contributed by atoms with Gasteiger partial charge in [-0.2, -0.15) is 0 Å². The predicted octanol–water partition coefficient (Wildman–Crippen LogP) is 1.48. The highest BCUT2D eigenvalue weighted by atomic mass is 16.3. The molecule has 0 spiro atoms. The molecule has 22 heavy (non-hydrogen) atoms. The number of hydrogen-bond donors (Lipinski definition) is 1. The van der Waals surface area contributed by atoms with Crippen molar-refractivity contribution in [1.82, 2.24) is 10.2 Å². The summed E-state index contributed by atoms with van der Waals surface area (Å²) in [4.78, 5) is 36.8. The summed E-state index contributed by atoms with van der Waals surface area (Å²) in [6.45, 7) is 2.03. The van der Waals surface area contributed by atoms with E-state index in [9.17, 15) is 14.4 Å². The predicted molar refractivity (Wildman–Crippen MR) is 79.2 cm³/mol. The van der Waals surface area contributed by atoms with E-state index in [0.29, 0.717) is 16.5 Å². The highest BCUT2D eigenvalue weighted by Crippen LogP contribution is 2.23. The average Bonchev–Trinajstić information content (AvgIpc) is 3.04. The minimum atomic E-state index is -0.802. The van der Waals surface area contributed by atoms with Crippen molar-refractivity contribution < 1.29 is 18.8 Å². The molecule has 0 unspecified atom stereocenters. The zero-order valence-electron chi connectivity index (χ0n) is 12.4. The largest absolute Gasteiger partial charge is 0.463 e. The second kappa shape index (κ2) is 5.29. The van der Waals surface area contributed by atoms with Crippen molar-refractivity contribution in [1.29, 1.82) is 0 Å². The molecule has 1 aliphatic heterocycles. The summed E-state index contributed by atoms with van der Waals surface area (Å²) in [5.41, 5.74) is 2.09. The summed E-state index contributed by atoms with van der Waals surface area (Å²) in [5.74, 6) is -1.09. The lowest BCUT2D eigenvalue weighted by Gasteiger charge is -2.10. The van der Waals surface area contributed by atoms with Crippen molar-refractivity contribution in [2.45, 2.75) is 25.8 Å². The Hall–Kier alpha value is -2.63. The number of carbonyl (C=O) groups excluding carboxylic acids is 3. The van der Waals surface area contributed by atoms with Crippen LogP contribution >= 0.6 is 0 Å². The number of amides is 3. The fraction of sp³-hybridized carbons (Fsp3) is 0.312. The number of carbonyl (C=O) groups is 3. The maximum absolute atomic E-state index is 12.4. The van der Waals surface area contributed by atoms with Crippen molar-refractivity contribution in [3.63, 3.8) is 0 Å². The van der Waals surface area contributed by atoms with E-state index in [-0.39, 0.29) is 18.2 Å². The van der Waals surface area contributed by atoms with Gasteiger partial charge in [-0.1, -0.05) is 13.0 Å². The number of imide groups is 1. The smallest absolute Gasteiger partial charge is 0.255 e. The number of aryl methyl sites for hydroxylation is 1. The Kier molecular flexibility index (Phi) is 3.44. The maximum Gasteiger partial charge on any atom is 0.255 e. The molecule has 1 aromatic heterocycles. The van der Waals surface area contributed by atoms with Crippen LogP contribution in [0.2, 0.25) is 0 Å². The Morgan fingerprint density at radius 3 is 2.82 bits per heavy atom. The second-order valence-corrected chi connectivity index (χ2v) is 5.35. The first kappa shape index (κ1) is 14.3. The van der Waals surface area contributed by atoms with Crippen molar-refractivity contribution in [2.75, 3.05) is 7.05 Å². The number of rotatable bonds is 3. The normalized spacial score (nSPS) is 18.3. The van der Waals surface area contributed by atoms with Gasteiger partial charge in [-0.3, -0.25) is 19.3 Å². The van der Waals surface area contributed by atoms with Gasteiger partial charge >= 0.3 is 0 Å². The van der Waals surface area contributed by atoms with E-state index in [1.807, 2.05) is 25.1 Å². The van der Waals surface area contributed by atoms with Gasteiger partial charge in [0.15, 0.2) is 0 Å². The Bertz CT molecular complexity index is 778. The van der Waals surface area contributed by atoms with Crippen molar-refractivity contribution in [3.8, 4) is 0 Å². The standard InChI is InChI=1S/C16H16N2O4/c1-3-9-4-5-13-10(6-9)11(8-22-13)15(20)17-12-7-14(19)18(2)16(12)21/h4-6,8,12H,3,7H2,1-2H3,(H,17,20)/t12-/m0/s1. The first-order chi connectivity index (χ1) is 10.5. The van der Waals surface area contributed by atoms with Gasteiger partial charge in [0.2, 0.25) is 5.91 Å². The number of hydrogen-bond acceptors (Lipinski definition) is 4. The summed E-state index contributed by atoms with van der Waals surface area (Å²) >= 11 is 0. The van der Waals surface area contributed by atoms with E-state index in [0.717, 1.165) is 16.9 Å². The lowest BCUT2D eigenvalue weighted by atomic mass is 10.1. The van der Waals surface area contributed by atoms with E-state index in [2.05, 4.69) is 5.32 Å². The van der Waals surface area contributed by atoms with Crippen LogP contribution < -0.4 is 5.32 Å². The fourth-order valence-corrected chi connectivity index (χ4v) is 2.58. The number of benzene rings is 1. The Balaban J connectivity index is 1.87. The molecule has 0 aliphatic carbocycles. The van der Waals surface area contributed by atoms with Crippen LogP contribution in [-0.2, 0) is 16.0 Å². The first-order valence-electron chi connectivity index (χ1n) is 7.12. The summed E-state index contributed by atoms with van der Waals surface area (Å²) in [6.07, 6.45) is 2.23. The third-order valence-electron chi connectivity index (χ3n) is 3.98. The third kappa shape index (κ3) is 2.26. The number of fused-ring (bicyclic) bond motifs is 1. The summed E-state index contributed by atoms with van der Waals surface area (Å²) in [6, 6.07) is 4.87. The Labute approximate surface area is 127 Å². The topological polar surface area (TPSA) is 79.6 Å². The molecule has 114 valence electrons. The number of likely N-dealkylation sites (N-methyl/N-ethyl adjacent to an activating group) is 1. The van der Waals surface area contributed by atoms with Crippen LogP contribution in [-0.4, -0.2) is 35.7 Å². The SMILES string of the molecule is CCc1ccc2occ(C(=O)N[C@H]3CC(=O)N(C)C3=O)c2c1. The third-order valence-corrected chi connectivity index (χ3v) is 3.98. The molecule has 1 saturated heterocycles. The molecule has 0 bridgehead atoms. The monoisotopic (exact) mass is 300 g/mol. The van der Waals surface area contributed by atoms with Gasteiger partial charge in [-0.15, -0.1) is 0 Å². The molecule has 6 heteroatoms. The highest BCUT2D eigenvalue weighted by Gasteiger charge is 2.37. The molecule has 1 aliphatic rings. The summed E-state index contributed by atoms with van der Waals surface area (Å²) < 4.78 is 5.38. The molecule has 1 aromatic carbocycles. The van der Waals surface area contributed by atoms with Crippen LogP contribution in [0, 0.1) is 0 Å². The average molecular weight is 300 g/mol. The van der Waals surface area contributed by atoms with Gasteiger partial charge in [-0.25, -0.2) is 0 Å². The van der Waals surface area contributed by atoms with Gasteiger partial charge in [0.1, 0.15) is 17.9 Å². The quantitative estimate of drug-likeness (QED) is 0.871. The van der Waals surface area contributed by atoms with Crippen LogP contribution in [0.1, 0.15) is 29.3 Å². The molecule has 1 N–H and O–H groups in total. The zero-order chi connectivity index (χ0) is 15.9. The molecule has 0 radical (unpaired) electrons. The number of nitrogens with zero attached hydrogens (tertiary/aromatic N) is 1. The molecule has 2 heterocycles. The molecular formula is C16H16N2O4. The van der Waals surface area contributed by atoms with Gasteiger partial charge in [0.05, 0.1) is 12.0 Å². The molecule has 1 fully saturated rings. The zero-order valence-corrected chi connectivity index (χ0v) is 12.4. The van der Waals surface area contributed by atoms with Crippen LogP contribution in [0.15, 0.2) is 28.9 Å². The first-order valence-corrected chi connectivity index (χ1v) is 7.12. The lowest BCUT2D eigenvalue weighted by Crippen LogP contribution is -2.40. The van der Waals surface area contributed by atoms with Crippen molar-refractivity contribution in [3.05, 3.63) is 35.6 Å². The highest BCUT2D eigenvalue weighted by molar-refractivity contribution is 6.10. The Morgan fingerprint density at radius 2 is 2.18 bits per heavy atom. The number of furan rings is 1. The lowest BCUT2D eigenvalue weighted by molar-refractivity contribution is -0.137. The maximum atomic E-state index is 12.4. The molecule has 2 aromatic rings. The fourth-order valence-electron chi connectivity index (χ4n) is 2.58. The van der Waals surface area contributed by atoms with E-state index in [4.69, 9.17) is 4.42 Å². The van der Waals surface area contributed by atoms with Gasteiger partial charge in [-0.05, 0) is 24.1 Å². The van der Waals surface area contributed by atoms with E-state index < -0.39 is 11.9 Å². The molecule has 1 atom stereocenters. The minimum Gasteiger partial charge on any atom is -0.463 e. The van der Waals surface area contributed by atoms with Crippen molar-refractivity contribution in [2.24, 2.45) is 0 Å².